The third kappa shape index (κ3) is 3.75. The molecular formula is C23H23N5O3. The molecule has 0 spiro atoms. The van der Waals surface area contributed by atoms with E-state index in [2.05, 4.69) is 4.98 Å². The smallest absolute Gasteiger partial charge is 0.332 e. The van der Waals surface area contributed by atoms with Crippen molar-refractivity contribution in [2.24, 2.45) is 7.05 Å². The number of aromatic nitrogens is 3. The molecule has 2 aromatic heterocycles. The van der Waals surface area contributed by atoms with Crippen molar-refractivity contribution in [2.45, 2.75) is 32.7 Å². The standard InChI is InChI=1S/C23H23N5O3/c1-15-12-18(21(29)27-10-4-3-5-11-27)19-20(25-15)26(2)23(31)28(22(19)30)14-17-8-6-16(13-24)7-9-17/h6-9,12H,3-5,10-11,14H2,1-2H3. The van der Waals surface area contributed by atoms with E-state index in [1.54, 1.807) is 49.2 Å². The summed E-state index contributed by atoms with van der Waals surface area (Å²) in [4.78, 5) is 45.9. The van der Waals surface area contributed by atoms with Crippen LogP contribution >= 0.6 is 0 Å². The molecule has 1 aliphatic heterocycles. The highest BCUT2D eigenvalue weighted by Gasteiger charge is 2.25. The van der Waals surface area contributed by atoms with Crippen LogP contribution in [0.25, 0.3) is 11.0 Å². The van der Waals surface area contributed by atoms with E-state index in [4.69, 9.17) is 5.26 Å². The monoisotopic (exact) mass is 417 g/mol. The molecule has 0 aliphatic carbocycles. The average molecular weight is 417 g/mol. The molecular weight excluding hydrogens is 394 g/mol. The number of hydrogen-bond acceptors (Lipinski definition) is 5. The molecule has 3 aromatic rings. The Morgan fingerprint density at radius 1 is 1.13 bits per heavy atom. The molecule has 0 saturated carbocycles. The third-order valence-corrected chi connectivity index (χ3v) is 5.72. The van der Waals surface area contributed by atoms with Gasteiger partial charge in [0.05, 0.1) is 29.1 Å². The van der Waals surface area contributed by atoms with E-state index in [0.29, 0.717) is 35.5 Å². The predicted molar refractivity (Wildman–Crippen MR) is 116 cm³/mol. The molecule has 0 bridgehead atoms. The Morgan fingerprint density at radius 2 is 1.81 bits per heavy atom. The van der Waals surface area contributed by atoms with Gasteiger partial charge in [0.15, 0.2) is 0 Å². The molecule has 4 rings (SSSR count). The number of nitrogens with zero attached hydrogens (tertiary/aromatic N) is 5. The Bertz CT molecular complexity index is 1320. The first kappa shape index (κ1) is 20.5. The average Bonchev–Trinajstić information content (AvgIpc) is 2.80. The van der Waals surface area contributed by atoms with Crippen molar-refractivity contribution in [2.75, 3.05) is 13.1 Å². The number of carbonyl (C=O) groups is 1. The van der Waals surface area contributed by atoms with Gasteiger partial charge in [-0.2, -0.15) is 5.26 Å². The zero-order valence-electron chi connectivity index (χ0n) is 17.6. The van der Waals surface area contributed by atoms with Gasteiger partial charge < -0.3 is 4.90 Å². The normalized spacial score (nSPS) is 13.9. The number of carbonyl (C=O) groups excluding carboxylic acids is 1. The van der Waals surface area contributed by atoms with Gasteiger partial charge >= 0.3 is 5.69 Å². The highest BCUT2D eigenvalue weighted by molar-refractivity contribution is 6.05. The first-order chi connectivity index (χ1) is 14.9. The number of fused-ring (bicyclic) bond motifs is 1. The van der Waals surface area contributed by atoms with Gasteiger partial charge in [-0.25, -0.2) is 9.78 Å². The molecule has 0 unspecified atom stereocenters. The lowest BCUT2D eigenvalue weighted by molar-refractivity contribution is 0.0726. The Labute approximate surface area is 179 Å². The van der Waals surface area contributed by atoms with E-state index >= 15 is 0 Å². The van der Waals surface area contributed by atoms with E-state index in [-0.39, 0.29) is 23.5 Å². The number of hydrogen-bond donors (Lipinski definition) is 0. The van der Waals surface area contributed by atoms with Crippen LogP contribution in [0.3, 0.4) is 0 Å². The van der Waals surface area contributed by atoms with Crippen molar-refractivity contribution < 1.29 is 4.79 Å². The predicted octanol–water partition coefficient (Wildman–Crippen LogP) is 1.95. The van der Waals surface area contributed by atoms with Gasteiger partial charge in [-0.05, 0) is 49.9 Å². The SMILES string of the molecule is Cc1cc(C(=O)N2CCCCC2)c2c(=O)n(Cc3ccc(C#N)cc3)c(=O)n(C)c2n1. The molecule has 0 atom stereocenters. The maximum atomic E-state index is 13.4. The number of nitriles is 1. The number of likely N-dealkylation sites (tertiary alicyclic amines) is 1. The maximum Gasteiger partial charge on any atom is 0.332 e. The van der Waals surface area contributed by atoms with Crippen molar-refractivity contribution in [3.05, 3.63) is 73.6 Å². The fourth-order valence-electron chi connectivity index (χ4n) is 4.05. The Morgan fingerprint density at radius 3 is 2.45 bits per heavy atom. The number of amides is 1. The highest BCUT2D eigenvalue weighted by Crippen LogP contribution is 2.19. The first-order valence-electron chi connectivity index (χ1n) is 10.3. The quantitative estimate of drug-likeness (QED) is 0.648. The van der Waals surface area contributed by atoms with Crippen molar-refractivity contribution in [1.82, 2.24) is 19.0 Å². The van der Waals surface area contributed by atoms with Crippen molar-refractivity contribution in [3.8, 4) is 6.07 Å². The van der Waals surface area contributed by atoms with Crippen LogP contribution in [-0.2, 0) is 13.6 Å². The number of aryl methyl sites for hydroxylation is 2. The van der Waals surface area contributed by atoms with E-state index in [1.165, 1.54) is 4.57 Å². The molecule has 1 amide bonds. The lowest BCUT2D eigenvalue weighted by Crippen LogP contribution is -2.41. The molecule has 1 aliphatic rings. The molecule has 1 fully saturated rings. The fraction of sp³-hybridized carbons (Fsp3) is 0.348. The van der Waals surface area contributed by atoms with Crippen LogP contribution in [0.15, 0.2) is 39.9 Å². The topological polar surface area (TPSA) is 101 Å². The minimum Gasteiger partial charge on any atom is -0.339 e. The van der Waals surface area contributed by atoms with Crippen LogP contribution in [0.4, 0.5) is 0 Å². The lowest BCUT2D eigenvalue weighted by Gasteiger charge is -2.27. The Kier molecular flexibility index (Phi) is 5.42. The minimum absolute atomic E-state index is 0.0401. The molecule has 0 N–H and O–H groups in total. The molecule has 1 aromatic carbocycles. The Balaban J connectivity index is 1.89. The number of pyridine rings is 1. The summed E-state index contributed by atoms with van der Waals surface area (Å²) >= 11 is 0. The molecule has 8 nitrogen and oxygen atoms in total. The summed E-state index contributed by atoms with van der Waals surface area (Å²) in [6.45, 7) is 3.11. The number of benzene rings is 1. The molecule has 0 radical (unpaired) electrons. The van der Waals surface area contributed by atoms with Crippen LogP contribution in [-0.4, -0.2) is 38.0 Å². The summed E-state index contributed by atoms with van der Waals surface area (Å²) in [5.74, 6) is -0.198. The minimum atomic E-state index is -0.532. The summed E-state index contributed by atoms with van der Waals surface area (Å²) in [6, 6.07) is 10.4. The molecule has 8 heteroatoms. The molecule has 31 heavy (non-hydrogen) atoms. The molecule has 1 saturated heterocycles. The van der Waals surface area contributed by atoms with Crippen molar-refractivity contribution in [3.63, 3.8) is 0 Å². The van der Waals surface area contributed by atoms with Gasteiger partial charge in [-0.1, -0.05) is 12.1 Å². The zero-order valence-corrected chi connectivity index (χ0v) is 17.6. The third-order valence-electron chi connectivity index (χ3n) is 5.72. The van der Waals surface area contributed by atoms with Crippen LogP contribution in [0.1, 0.15) is 46.4 Å². The van der Waals surface area contributed by atoms with Crippen LogP contribution in [0, 0.1) is 18.3 Å². The van der Waals surface area contributed by atoms with Gasteiger partial charge in [0, 0.05) is 25.8 Å². The summed E-state index contributed by atoms with van der Waals surface area (Å²) < 4.78 is 2.44. The van der Waals surface area contributed by atoms with Gasteiger partial charge in [0.1, 0.15) is 5.65 Å². The molecule has 3 heterocycles. The van der Waals surface area contributed by atoms with Gasteiger partial charge in [0.2, 0.25) is 0 Å². The van der Waals surface area contributed by atoms with Crippen molar-refractivity contribution in [1.29, 1.82) is 5.26 Å². The first-order valence-corrected chi connectivity index (χ1v) is 10.3. The molecule has 158 valence electrons. The van der Waals surface area contributed by atoms with Crippen LogP contribution in [0.5, 0.6) is 0 Å². The lowest BCUT2D eigenvalue weighted by atomic mass is 10.1. The Hall–Kier alpha value is -3.73. The summed E-state index contributed by atoms with van der Waals surface area (Å²) in [7, 11) is 1.56. The maximum absolute atomic E-state index is 13.4. The van der Waals surface area contributed by atoms with Crippen molar-refractivity contribution >= 4 is 16.9 Å². The summed E-state index contributed by atoms with van der Waals surface area (Å²) in [5, 5.41) is 9.14. The van der Waals surface area contributed by atoms with E-state index in [0.717, 1.165) is 23.8 Å². The zero-order chi connectivity index (χ0) is 22.1. The second-order valence-electron chi connectivity index (χ2n) is 7.90. The van der Waals surface area contributed by atoms with Crippen LogP contribution < -0.4 is 11.2 Å². The second kappa shape index (κ2) is 8.19. The van der Waals surface area contributed by atoms with Gasteiger partial charge in [-0.15, -0.1) is 0 Å². The van der Waals surface area contributed by atoms with E-state index in [9.17, 15) is 14.4 Å². The van der Waals surface area contributed by atoms with E-state index in [1.807, 2.05) is 6.07 Å². The number of rotatable bonds is 3. The number of piperidine rings is 1. The van der Waals surface area contributed by atoms with Gasteiger partial charge in [-0.3, -0.25) is 18.7 Å². The fourth-order valence-corrected chi connectivity index (χ4v) is 4.05. The largest absolute Gasteiger partial charge is 0.339 e. The highest BCUT2D eigenvalue weighted by atomic mass is 16.2. The second-order valence-corrected chi connectivity index (χ2v) is 7.90. The van der Waals surface area contributed by atoms with E-state index < -0.39 is 11.2 Å². The summed E-state index contributed by atoms with van der Waals surface area (Å²) in [6.07, 6.45) is 2.97. The van der Waals surface area contributed by atoms with Gasteiger partial charge in [0.25, 0.3) is 11.5 Å². The van der Waals surface area contributed by atoms with Crippen LogP contribution in [0.2, 0.25) is 0 Å². The summed E-state index contributed by atoms with van der Waals surface area (Å²) in [5.41, 5.74) is 1.25.